The van der Waals surface area contributed by atoms with Gasteiger partial charge in [0.15, 0.2) is 0 Å². The third kappa shape index (κ3) is 7.34. The molecule has 1 unspecified atom stereocenters. The highest BCUT2D eigenvalue weighted by Crippen LogP contribution is 2.03. The molecule has 5 nitrogen and oxygen atoms in total. The van der Waals surface area contributed by atoms with Crippen LogP contribution in [0.4, 0.5) is 4.79 Å². The molecule has 0 aromatic heterocycles. The number of aliphatic carboxylic acids is 1. The molecule has 0 heterocycles. The minimum absolute atomic E-state index is 0.0176. The molecule has 2 N–H and O–H groups in total. The molecule has 0 saturated carbocycles. The zero-order valence-electron chi connectivity index (χ0n) is 12.7. The number of amides is 2. The van der Waals surface area contributed by atoms with Gasteiger partial charge in [-0.05, 0) is 31.7 Å². The fourth-order valence-corrected chi connectivity index (χ4v) is 2.00. The molecule has 5 heteroatoms. The highest BCUT2D eigenvalue weighted by Gasteiger charge is 2.12. The molecule has 1 aromatic carbocycles. The Kier molecular flexibility index (Phi) is 7.29. The second kappa shape index (κ2) is 9.00. The topological polar surface area (TPSA) is 69.6 Å². The van der Waals surface area contributed by atoms with E-state index in [1.807, 2.05) is 37.3 Å². The number of carboxylic acids is 1. The van der Waals surface area contributed by atoms with Gasteiger partial charge in [0.05, 0.1) is 0 Å². The van der Waals surface area contributed by atoms with Crippen molar-refractivity contribution in [1.82, 2.24) is 10.2 Å². The Morgan fingerprint density at radius 2 is 1.95 bits per heavy atom. The van der Waals surface area contributed by atoms with Crippen LogP contribution in [-0.2, 0) is 11.2 Å². The third-order valence-electron chi connectivity index (χ3n) is 3.32. The van der Waals surface area contributed by atoms with Crippen LogP contribution in [-0.4, -0.2) is 41.6 Å². The van der Waals surface area contributed by atoms with Crippen LogP contribution in [0.3, 0.4) is 0 Å². The predicted molar refractivity (Wildman–Crippen MR) is 82.3 cm³/mol. The first-order valence-electron chi connectivity index (χ1n) is 7.26. The number of rotatable bonds is 8. The summed E-state index contributed by atoms with van der Waals surface area (Å²) in [6.45, 7) is 2.54. The van der Waals surface area contributed by atoms with Gasteiger partial charge in [-0.2, -0.15) is 0 Å². The summed E-state index contributed by atoms with van der Waals surface area (Å²) in [5.74, 6) is -0.798. The van der Waals surface area contributed by atoms with Gasteiger partial charge in [0.1, 0.15) is 0 Å². The Bertz CT molecular complexity index is 448. The highest BCUT2D eigenvalue weighted by molar-refractivity contribution is 5.74. The standard InChI is InChI=1S/C16H24N2O3/c1-13(7-6-10-15(19)20)17-16(21)18(2)12-11-14-8-4-3-5-9-14/h3-5,8-9,13H,6-7,10-12H2,1-2H3,(H,17,21)(H,19,20). The first-order chi connectivity index (χ1) is 9.99. The van der Waals surface area contributed by atoms with Crippen molar-refractivity contribution in [2.75, 3.05) is 13.6 Å². The number of carboxylic acid groups (broad SMARTS) is 1. The van der Waals surface area contributed by atoms with Crippen LogP contribution in [0, 0.1) is 0 Å². The highest BCUT2D eigenvalue weighted by atomic mass is 16.4. The largest absolute Gasteiger partial charge is 0.481 e. The minimum Gasteiger partial charge on any atom is -0.481 e. The Balaban J connectivity index is 2.25. The van der Waals surface area contributed by atoms with Gasteiger partial charge >= 0.3 is 12.0 Å². The van der Waals surface area contributed by atoms with Crippen LogP contribution in [0.25, 0.3) is 0 Å². The normalized spacial score (nSPS) is 11.7. The number of hydrogen-bond donors (Lipinski definition) is 2. The van der Waals surface area contributed by atoms with Crippen molar-refractivity contribution in [3.8, 4) is 0 Å². The van der Waals surface area contributed by atoms with Crippen LogP contribution in [0.2, 0.25) is 0 Å². The van der Waals surface area contributed by atoms with Crippen LogP contribution in [0.15, 0.2) is 30.3 Å². The van der Waals surface area contributed by atoms with Crippen molar-refractivity contribution in [1.29, 1.82) is 0 Å². The average Bonchev–Trinajstić information content (AvgIpc) is 2.45. The smallest absolute Gasteiger partial charge is 0.317 e. The van der Waals surface area contributed by atoms with Crippen molar-refractivity contribution >= 4 is 12.0 Å². The summed E-state index contributed by atoms with van der Waals surface area (Å²) in [6.07, 6.45) is 2.21. The van der Waals surface area contributed by atoms with Gasteiger partial charge in [-0.25, -0.2) is 4.79 Å². The first kappa shape index (κ1) is 17.0. The maximum atomic E-state index is 12.0. The summed E-state index contributed by atoms with van der Waals surface area (Å²) in [5.41, 5.74) is 1.20. The van der Waals surface area contributed by atoms with E-state index in [0.29, 0.717) is 19.4 Å². The molecule has 0 aliphatic heterocycles. The predicted octanol–water partition coefficient (Wildman–Crippen LogP) is 2.51. The van der Waals surface area contributed by atoms with Gasteiger partial charge < -0.3 is 15.3 Å². The molecule has 1 atom stereocenters. The molecule has 0 spiro atoms. The molecule has 116 valence electrons. The summed E-state index contributed by atoms with van der Waals surface area (Å²) in [7, 11) is 1.77. The lowest BCUT2D eigenvalue weighted by Crippen LogP contribution is -2.42. The van der Waals surface area contributed by atoms with Gasteiger partial charge in [0.2, 0.25) is 0 Å². The fraction of sp³-hybridized carbons (Fsp3) is 0.500. The monoisotopic (exact) mass is 292 g/mol. The Hall–Kier alpha value is -2.04. The molecule has 0 fully saturated rings. The number of carbonyl (C=O) groups is 2. The third-order valence-corrected chi connectivity index (χ3v) is 3.32. The summed E-state index contributed by atoms with van der Waals surface area (Å²) in [6, 6.07) is 9.89. The number of urea groups is 1. The number of nitrogens with one attached hydrogen (secondary N) is 1. The Labute approximate surface area is 126 Å². The molecule has 1 rings (SSSR count). The lowest BCUT2D eigenvalue weighted by atomic mass is 10.1. The van der Waals surface area contributed by atoms with E-state index < -0.39 is 5.97 Å². The maximum absolute atomic E-state index is 12.0. The lowest BCUT2D eigenvalue weighted by molar-refractivity contribution is -0.137. The van der Waals surface area contributed by atoms with Crippen molar-refractivity contribution < 1.29 is 14.7 Å². The first-order valence-corrected chi connectivity index (χ1v) is 7.26. The van der Waals surface area contributed by atoms with E-state index in [1.54, 1.807) is 11.9 Å². The molecule has 2 amide bonds. The van der Waals surface area contributed by atoms with Crippen molar-refractivity contribution in [3.63, 3.8) is 0 Å². The molecule has 0 radical (unpaired) electrons. The molecule has 0 saturated heterocycles. The van der Waals surface area contributed by atoms with E-state index in [0.717, 1.165) is 6.42 Å². The van der Waals surface area contributed by atoms with E-state index in [9.17, 15) is 9.59 Å². The molecular formula is C16H24N2O3. The second-order valence-electron chi connectivity index (χ2n) is 5.29. The SMILES string of the molecule is CC(CCCC(=O)O)NC(=O)N(C)CCc1ccccc1. The van der Waals surface area contributed by atoms with E-state index in [-0.39, 0.29) is 18.5 Å². The lowest BCUT2D eigenvalue weighted by Gasteiger charge is -2.21. The van der Waals surface area contributed by atoms with Gasteiger partial charge in [0.25, 0.3) is 0 Å². The molecule has 0 aliphatic rings. The zero-order chi connectivity index (χ0) is 15.7. The molecular weight excluding hydrogens is 268 g/mol. The van der Waals surface area contributed by atoms with Crippen LogP contribution < -0.4 is 5.32 Å². The minimum atomic E-state index is -0.798. The zero-order valence-corrected chi connectivity index (χ0v) is 12.7. The quantitative estimate of drug-likeness (QED) is 0.773. The molecule has 21 heavy (non-hydrogen) atoms. The van der Waals surface area contributed by atoms with Gasteiger partial charge in [0, 0.05) is 26.1 Å². The van der Waals surface area contributed by atoms with Crippen LogP contribution in [0.1, 0.15) is 31.7 Å². The summed E-state index contributed by atoms with van der Waals surface area (Å²) >= 11 is 0. The number of likely N-dealkylation sites (N-methyl/N-ethyl adjacent to an activating group) is 1. The number of benzene rings is 1. The van der Waals surface area contributed by atoms with Gasteiger partial charge in [-0.1, -0.05) is 30.3 Å². The fourth-order valence-electron chi connectivity index (χ4n) is 2.00. The van der Waals surface area contributed by atoms with Crippen LogP contribution in [0.5, 0.6) is 0 Å². The molecule has 1 aromatic rings. The van der Waals surface area contributed by atoms with E-state index in [2.05, 4.69) is 5.32 Å². The van der Waals surface area contributed by atoms with Crippen LogP contribution >= 0.6 is 0 Å². The van der Waals surface area contributed by atoms with Crippen molar-refractivity contribution in [2.45, 2.75) is 38.6 Å². The van der Waals surface area contributed by atoms with E-state index in [1.165, 1.54) is 5.56 Å². The Morgan fingerprint density at radius 1 is 1.29 bits per heavy atom. The number of nitrogens with zero attached hydrogens (tertiary/aromatic N) is 1. The molecule has 0 aliphatic carbocycles. The van der Waals surface area contributed by atoms with Crippen molar-refractivity contribution in [2.24, 2.45) is 0 Å². The average molecular weight is 292 g/mol. The van der Waals surface area contributed by atoms with Crippen molar-refractivity contribution in [3.05, 3.63) is 35.9 Å². The Morgan fingerprint density at radius 3 is 2.57 bits per heavy atom. The summed E-state index contributed by atoms with van der Waals surface area (Å²) < 4.78 is 0. The maximum Gasteiger partial charge on any atom is 0.317 e. The summed E-state index contributed by atoms with van der Waals surface area (Å²) in [5, 5.41) is 11.5. The summed E-state index contributed by atoms with van der Waals surface area (Å²) in [4.78, 5) is 24.1. The van der Waals surface area contributed by atoms with Gasteiger partial charge in [-0.15, -0.1) is 0 Å². The van der Waals surface area contributed by atoms with Gasteiger partial charge in [-0.3, -0.25) is 4.79 Å². The van der Waals surface area contributed by atoms with E-state index >= 15 is 0 Å². The van der Waals surface area contributed by atoms with E-state index in [4.69, 9.17) is 5.11 Å². The number of hydrogen-bond acceptors (Lipinski definition) is 2. The second-order valence-corrected chi connectivity index (χ2v) is 5.29. The number of carbonyl (C=O) groups excluding carboxylic acids is 1. The molecule has 0 bridgehead atoms.